The van der Waals surface area contributed by atoms with Gasteiger partial charge >= 0.3 is 0 Å². The number of hydrogen-bond acceptors (Lipinski definition) is 4. The predicted molar refractivity (Wildman–Crippen MR) is 76.0 cm³/mol. The minimum Gasteiger partial charge on any atom is -0.383 e. The van der Waals surface area contributed by atoms with E-state index in [4.69, 9.17) is 5.73 Å². The number of amidine groups is 1. The summed E-state index contributed by atoms with van der Waals surface area (Å²) in [6.45, 7) is 2.02. The fourth-order valence-electron chi connectivity index (χ4n) is 1.50. The molecule has 0 aliphatic heterocycles. The van der Waals surface area contributed by atoms with Crippen LogP contribution in [0.4, 0.5) is 10.7 Å². The van der Waals surface area contributed by atoms with Crippen LogP contribution in [-0.4, -0.2) is 17.3 Å². The number of nitrogens with zero attached hydrogens (tertiary/aromatic N) is 1. The largest absolute Gasteiger partial charge is 0.383 e. The van der Waals surface area contributed by atoms with Gasteiger partial charge in [-0.25, -0.2) is 0 Å². The summed E-state index contributed by atoms with van der Waals surface area (Å²) in [5.74, 6) is 0.229. The molecule has 0 atom stereocenters. The zero-order valence-electron chi connectivity index (χ0n) is 10.2. The molecule has 5 nitrogen and oxygen atoms in total. The van der Waals surface area contributed by atoms with E-state index >= 15 is 0 Å². The van der Waals surface area contributed by atoms with E-state index in [1.165, 1.54) is 17.1 Å². The van der Waals surface area contributed by atoms with Gasteiger partial charge in [0.15, 0.2) is 0 Å². The van der Waals surface area contributed by atoms with Gasteiger partial charge in [-0.3, -0.25) is 14.2 Å². The minimum absolute atomic E-state index is 0.224. The van der Waals surface area contributed by atoms with Crippen LogP contribution in [0.2, 0.25) is 0 Å². The summed E-state index contributed by atoms with van der Waals surface area (Å²) in [6, 6.07) is 7.88. The van der Waals surface area contributed by atoms with Crippen molar-refractivity contribution in [3.63, 3.8) is 0 Å². The molecule has 0 saturated carbocycles. The van der Waals surface area contributed by atoms with Crippen LogP contribution in [0.3, 0.4) is 0 Å². The first-order valence-electron chi connectivity index (χ1n) is 5.39. The molecule has 1 heterocycles. The van der Waals surface area contributed by atoms with Crippen LogP contribution in [0.5, 0.6) is 0 Å². The van der Waals surface area contributed by atoms with Gasteiger partial charge in [-0.1, -0.05) is 17.7 Å². The highest BCUT2D eigenvalue weighted by Gasteiger charge is 2.13. The second kappa shape index (κ2) is 5.05. The fraction of sp³-hybridized carbons (Fsp3) is 0.167. The topological polar surface area (TPSA) is 83.3 Å². The third kappa shape index (κ3) is 2.43. The molecule has 0 saturated heterocycles. The maximum Gasteiger partial charge on any atom is 0.271 e. The predicted octanol–water partition coefficient (Wildman–Crippen LogP) is 1.82. The van der Waals surface area contributed by atoms with Crippen LogP contribution in [0.25, 0.3) is 0 Å². The lowest BCUT2D eigenvalue weighted by molar-refractivity contribution is 1.35. The number of H-pyrrole nitrogens is 1. The van der Waals surface area contributed by atoms with Crippen LogP contribution in [0.1, 0.15) is 11.1 Å². The molecule has 0 radical (unpaired) electrons. The zero-order valence-corrected chi connectivity index (χ0v) is 11.0. The summed E-state index contributed by atoms with van der Waals surface area (Å²) < 4.78 is 2.65. The first-order chi connectivity index (χ1) is 8.61. The molecule has 6 heteroatoms. The van der Waals surface area contributed by atoms with Crippen molar-refractivity contribution in [3.05, 3.63) is 45.7 Å². The van der Waals surface area contributed by atoms with Gasteiger partial charge in [0.2, 0.25) is 0 Å². The van der Waals surface area contributed by atoms with Gasteiger partial charge in [-0.2, -0.15) is 0 Å². The van der Waals surface area contributed by atoms with Crippen molar-refractivity contribution in [1.82, 2.24) is 4.37 Å². The second-order valence-electron chi connectivity index (χ2n) is 3.84. The monoisotopic (exact) mass is 262 g/mol. The highest BCUT2D eigenvalue weighted by Crippen LogP contribution is 2.22. The van der Waals surface area contributed by atoms with Crippen LogP contribution in [0.15, 0.2) is 34.1 Å². The highest BCUT2D eigenvalue weighted by molar-refractivity contribution is 7.10. The Morgan fingerprint density at radius 2 is 2.06 bits per heavy atom. The molecule has 2 aromatic rings. The Balaban J connectivity index is 2.35. The number of hydrogen-bond donors (Lipinski definition) is 3. The third-order valence-corrected chi connectivity index (χ3v) is 3.30. The summed E-state index contributed by atoms with van der Waals surface area (Å²) in [5, 5.41) is 3.84. The van der Waals surface area contributed by atoms with Crippen molar-refractivity contribution in [2.24, 2.45) is 10.7 Å². The van der Waals surface area contributed by atoms with E-state index < -0.39 is 0 Å². The van der Waals surface area contributed by atoms with Gasteiger partial charge in [-0.15, -0.1) is 0 Å². The Morgan fingerprint density at radius 3 is 2.67 bits per heavy atom. The average molecular weight is 262 g/mol. The SMILES string of the molecule is CN=C(N)c1c(Nc2ccc(C)cc2)s[nH]c1=O. The lowest BCUT2D eigenvalue weighted by Crippen LogP contribution is -2.21. The van der Waals surface area contributed by atoms with E-state index in [1.54, 1.807) is 7.05 Å². The standard InChI is InChI=1S/C12H14N4OS/c1-7-3-5-8(6-4-7)15-12-9(10(13)14-2)11(17)16-18-12/h3-6,15H,1-2H3,(H2,13,14)(H,16,17). The van der Waals surface area contributed by atoms with E-state index in [0.29, 0.717) is 10.6 Å². The van der Waals surface area contributed by atoms with Crippen molar-refractivity contribution in [1.29, 1.82) is 0 Å². The van der Waals surface area contributed by atoms with Crippen LogP contribution in [0, 0.1) is 6.92 Å². The number of benzene rings is 1. The molecule has 0 aliphatic rings. The van der Waals surface area contributed by atoms with Crippen molar-refractivity contribution >= 4 is 28.1 Å². The number of nitrogens with two attached hydrogens (primary N) is 1. The molecular formula is C12H14N4OS. The quantitative estimate of drug-likeness (QED) is 0.583. The van der Waals surface area contributed by atoms with Crippen LogP contribution < -0.4 is 16.6 Å². The summed E-state index contributed by atoms with van der Waals surface area (Å²) >= 11 is 1.21. The van der Waals surface area contributed by atoms with Crippen molar-refractivity contribution in [2.45, 2.75) is 6.92 Å². The second-order valence-corrected chi connectivity index (χ2v) is 4.65. The lowest BCUT2D eigenvalue weighted by Gasteiger charge is -2.05. The van der Waals surface area contributed by atoms with Crippen molar-refractivity contribution in [2.75, 3.05) is 12.4 Å². The van der Waals surface area contributed by atoms with Gasteiger partial charge in [0.1, 0.15) is 16.4 Å². The number of aromatic amines is 1. The van der Waals surface area contributed by atoms with E-state index in [-0.39, 0.29) is 11.4 Å². The van der Waals surface area contributed by atoms with E-state index in [1.807, 2.05) is 31.2 Å². The molecule has 0 aliphatic carbocycles. The van der Waals surface area contributed by atoms with Gasteiger partial charge < -0.3 is 11.1 Å². The maximum atomic E-state index is 11.6. The summed E-state index contributed by atoms with van der Waals surface area (Å²) in [6.07, 6.45) is 0. The van der Waals surface area contributed by atoms with Crippen molar-refractivity contribution in [3.8, 4) is 0 Å². The molecule has 0 bridgehead atoms. The summed E-state index contributed by atoms with van der Waals surface area (Å²) in [7, 11) is 1.56. The lowest BCUT2D eigenvalue weighted by atomic mass is 10.2. The molecule has 0 amide bonds. The molecule has 94 valence electrons. The fourth-order valence-corrected chi connectivity index (χ4v) is 2.27. The number of aromatic nitrogens is 1. The molecule has 18 heavy (non-hydrogen) atoms. The van der Waals surface area contributed by atoms with Gasteiger partial charge in [0.25, 0.3) is 5.56 Å². The van der Waals surface area contributed by atoms with Gasteiger partial charge in [0.05, 0.1) is 0 Å². The number of aliphatic imine (C=N–C) groups is 1. The Morgan fingerprint density at radius 1 is 1.39 bits per heavy atom. The number of aryl methyl sites for hydroxylation is 1. The van der Waals surface area contributed by atoms with Crippen molar-refractivity contribution < 1.29 is 0 Å². The zero-order chi connectivity index (χ0) is 13.1. The first-order valence-corrected chi connectivity index (χ1v) is 6.21. The number of nitrogens with one attached hydrogen (secondary N) is 2. The van der Waals surface area contributed by atoms with E-state index in [2.05, 4.69) is 14.7 Å². The third-order valence-electron chi connectivity index (χ3n) is 2.51. The average Bonchev–Trinajstić information content (AvgIpc) is 2.72. The number of anilines is 2. The Hall–Kier alpha value is -2.08. The van der Waals surface area contributed by atoms with Crippen LogP contribution >= 0.6 is 11.5 Å². The van der Waals surface area contributed by atoms with Gasteiger partial charge in [-0.05, 0) is 30.6 Å². The Labute approximate surface area is 109 Å². The van der Waals surface area contributed by atoms with E-state index in [9.17, 15) is 4.79 Å². The summed E-state index contributed by atoms with van der Waals surface area (Å²) in [5.41, 5.74) is 7.96. The molecule has 0 unspecified atom stereocenters. The van der Waals surface area contributed by atoms with Crippen LogP contribution in [-0.2, 0) is 0 Å². The molecule has 0 spiro atoms. The molecule has 4 N–H and O–H groups in total. The number of rotatable bonds is 3. The summed E-state index contributed by atoms with van der Waals surface area (Å²) in [4.78, 5) is 15.5. The smallest absolute Gasteiger partial charge is 0.271 e. The maximum absolute atomic E-state index is 11.6. The Kier molecular flexibility index (Phi) is 3.47. The molecular weight excluding hydrogens is 248 g/mol. The molecule has 0 fully saturated rings. The highest BCUT2D eigenvalue weighted by atomic mass is 32.1. The van der Waals surface area contributed by atoms with E-state index in [0.717, 1.165) is 5.69 Å². The Bertz CT molecular complexity index is 624. The first kappa shape index (κ1) is 12.4. The normalized spacial score (nSPS) is 11.6. The van der Waals surface area contributed by atoms with Gasteiger partial charge in [0, 0.05) is 12.7 Å². The minimum atomic E-state index is -0.224. The molecule has 1 aromatic carbocycles. The molecule has 1 aromatic heterocycles. The molecule has 2 rings (SSSR count).